The molecule has 6 rings (SSSR count). The molecule has 1 amide bonds. The maximum absolute atomic E-state index is 14.3. The third-order valence-corrected chi connectivity index (χ3v) is 8.00. The maximum atomic E-state index is 14.3. The standard InChI is InChI=1S/C23H23F2N3O2/c1-3-28(22(29)30-4-2)10-23-9-12-17-16(19(17)20(12)23)11-8-15(26-27-21(11)23)18-13(24)6-5-7-14(18)25/h5-8,12,16-17,19-20H,3-4,9-10H2,1-2H3/t12?,16-,17?,19?,20?,23-/m0/s1. The number of carbonyl (C=O) groups excluding carboxylic acids is 1. The summed E-state index contributed by atoms with van der Waals surface area (Å²) in [5.41, 5.74) is 1.92. The van der Waals surface area contributed by atoms with E-state index < -0.39 is 11.6 Å². The average Bonchev–Trinajstić information content (AvgIpc) is 3.39. The second kappa shape index (κ2) is 5.99. The highest BCUT2D eigenvalue weighted by Gasteiger charge is 2.83. The van der Waals surface area contributed by atoms with Crippen LogP contribution in [-0.4, -0.2) is 40.9 Å². The first kappa shape index (κ1) is 18.2. The number of halogens is 2. The zero-order chi connectivity index (χ0) is 20.8. The van der Waals surface area contributed by atoms with Gasteiger partial charge >= 0.3 is 6.09 Å². The van der Waals surface area contributed by atoms with Gasteiger partial charge < -0.3 is 9.64 Å². The van der Waals surface area contributed by atoms with E-state index >= 15 is 0 Å². The zero-order valence-corrected chi connectivity index (χ0v) is 16.9. The van der Waals surface area contributed by atoms with Crippen molar-refractivity contribution in [3.63, 3.8) is 0 Å². The van der Waals surface area contributed by atoms with Crippen molar-refractivity contribution >= 4 is 6.09 Å². The fraction of sp³-hybridized carbons (Fsp3) is 0.522. The highest BCUT2D eigenvalue weighted by atomic mass is 19.1. The Bertz CT molecular complexity index is 1060. The van der Waals surface area contributed by atoms with Crippen LogP contribution < -0.4 is 0 Å². The molecule has 3 saturated carbocycles. The molecule has 1 aromatic carbocycles. The molecule has 5 nitrogen and oxygen atoms in total. The van der Waals surface area contributed by atoms with Crippen molar-refractivity contribution in [3.05, 3.63) is 47.2 Å². The number of likely N-dealkylation sites (N-methyl/N-ethyl adjacent to an activating group) is 1. The quantitative estimate of drug-likeness (QED) is 0.742. The van der Waals surface area contributed by atoms with E-state index in [1.807, 2.05) is 13.0 Å². The van der Waals surface area contributed by atoms with Crippen molar-refractivity contribution in [2.75, 3.05) is 19.7 Å². The van der Waals surface area contributed by atoms with E-state index in [1.165, 1.54) is 18.2 Å². The van der Waals surface area contributed by atoms with Crippen LogP contribution in [0.15, 0.2) is 24.3 Å². The molecule has 0 saturated heterocycles. The smallest absolute Gasteiger partial charge is 0.409 e. The number of benzene rings is 1. The van der Waals surface area contributed by atoms with Crippen LogP contribution in [0.2, 0.25) is 0 Å². The summed E-state index contributed by atoms with van der Waals surface area (Å²) in [7, 11) is 0. The lowest BCUT2D eigenvalue weighted by molar-refractivity contribution is -0.0866. The van der Waals surface area contributed by atoms with Gasteiger partial charge in [0, 0.05) is 18.5 Å². The van der Waals surface area contributed by atoms with E-state index in [0.717, 1.165) is 17.7 Å². The van der Waals surface area contributed by atoms with E-state index in [0.29, 0.717) is 49.3 Å². The molecule has 4 aliphatic rings. The predicted octanol–water partition coefficient (Wildman–Crippen LogP) is 4.13. The molecule has 7 heteroatoms. The van der Waals surface area contributed by atoms with Crippen molar-refractivity contribution in [2.24, 2.45) is 23.7 Å². The lowest BCUT2D eigenvalue weighted by atomic mass is 9.43. The number of nitrogens with zero attached hydrogens (tertiary/aromatic N) is 3. The van der Waals surface area contributed by atoms with Crippen LogP contribution in [0.3, 0.4) is 0 Å². The summed E-state index contributed by atoms with van der Waals surface area (Å²) in [5.74, 6) is 1.64. The van der Waals surface area contributed by atoms with Crippen LogP contribution >= 0.6 is 0 Å². The molecule has 0 aliphatic heterocycles. The van der Waals surface area contributed by atoms with E-state index in [9.17, 15) is 13.6 Å². The van der Waals surface area contributed by atoms with Crippen LogP contribution in [0.1, 0.15) is 37.4 Å². The highest BCUT2D eigenvalue weighted by Crippen LogP contribution is 2.87. The van der Waals surface area contributed by atoms with Crippen molar-refractivity contribution in [1.82, 2.24) is 15.1 Å². The molecule has 1 heterocycles. The van der Waals surface area contributed by atoms with Gasteiger partial charge in [0.1, 0.15) is 11.6 Å². The van der Waals surface area contributed by atoms with E-state index in [2.05, 4.69) is 10.2 Å². The summed E-state index contributed by atoms with van der Waals surface area (Å²) in [5, 5.41) is 8.81. The minimum absolute atomic E-state index is 0.119. The third-order valence-electron chi connectivity index (χ3n) is 8.00. The summed E-state index contributed by atoms with van der Waals surface area (Å²) in [6.07, 6.45) is 0.700. The highest BCUT2D eigenvalue weighted by molar-refractivity contribution is 5.69. The summed E-state index contributed by atoms with van der Waals surface area (Å²) in [6.45, 7) is 5.23. The predicted molar refractivity (Wildman–Crippen MR) is 105 cm³/mol. The van der Waals surface area contributed by atoms with Crippen LogP contribution in [-0.2, 0) is 10.2 Å². The van der Waals surface area contributed by atoms with Crippen LogP contribution in [0.5, 0.6) is 0 Å². The number of aromatic nitrogens is 2. The maximum Gasteiger partial charge on any atom is 0.409 e. The van der Waals surface area contributed by atoms with Crippen molar-refractivity contribution in [1.29, 1.82) is 0 Å². The Labute approximate surface area is 173 Å². The Morgan fingerprint density at radius 3 is 2.70 bits per heavy atom. The van der Waals surface area contributed by atoms with Crippen molar-refractivity contribution < 1.29 is 18.3 Å². The first-order valence-electron chi connectivity index (χ1n) is 10.8. The molecule has 0 bridgehead atoms. The molecule has 2 aromatic rings. The Morgan fingerprint density at radius 2 is 2.00 bits per heavy atom. The van der Waals surface area contributed by atoms with Gasteiger partial charge in [-0.05, 0) is 73.6 Å². The van der Waals surface area contributed by atoms with Gasteiger partial charge in [-0.3, -0.25) is 0 Å². The topological polar surface area (TPSA) is 55.3 Å². The molecule has 156 valence electrons. The van der Waals surface area contributed by atoms with Gasteiger partial charge in [-0.1, -0.05) is 6.07 Å². The number of hydrogen-bond acceptors (Lipinski definition) is 4. The summed E-state index contributed by atoms with van der Waals surface area (Å²) < 4.78 is 33.9. The molecular formula is C23H23F2N3O2. The molecular weight excluding hydrogens is 388 g/mol. The molecule has 0 spiro atoms. The first-order valence-corrected chi connectivity index (χ1v) is 10.8. The van der Waals surface area contributed by atoms with Gasteiger partial charge in [0.05, 0.1) is 23.6 Å². The van der Waals surface area contributed by atoms with Crippen molar-refractivity contribution in [3.8, 4) is 11.3 Å². The SMILES string of the molecule is CCOC(=O)N(CC)C[C@@]12CC3C4C(C31)[C@H]4c1cc(-c3c(F)cccc3F)nnc12. The van der Waals surface area contributed by atoms with E-state index in [-0.39, 0.29) is 22.8 Å². The zero-order valence-electron chi connectivity index (χ0n) is 16.9. The van der Waals surface area contributed by atoms with Crippen molar-refractivity contribution in [2.45, 2.75) is 31.6 Å². The second-order valence-corrected chi connectivity index (χ2v) is 9.07. The molecule has 0 radical (unpaired) electrons. The molecule has 1 aromatic heterocycles. The molecule has 4 unspecified atom stereocenters. The second-order valence-electron chi connectivity index (χ2n) is 9.07. The fourth-order valence-corrected chi connectivity index (χ4v) is 6.88. The molecule has 6 atom stereocenters. The number of hydrogen-bond donors (Lipinski definition) is 0. The Balaban J connectivity index is 1.42. The summed E-state index contributed by atoms with van der Waals surface area (Å²) in [6, 6.07) is 5.69. The Kier molecular flexibility index (Phi) is 3.64. The van der Waals surface area contributed by atoms with E-state index in [4.69, 9.17) is 4.74 Å². The Hall–Kier alpha value is -2.57. The van der Waals surface area contributed by atoms with E-state index in [1.54, 1.807) is 11.8 Å². The van der Waals surface area contributed by atoms with Crippen LogP contribution in [0.4, 0.5) is 13.6 Å². The largest absolute Gasteiger partial charge is 0.450 e. The number of rotatable bonds is 5. The van der Waals surface area contributed by atoms with Crippen LogP contribution in [0.25, 0.3) is 11.3 Å². The van der Waals surface area contributed by atoms with Gasteiger partial charge in [0.25, 0.3) is 0 Å². The lowest BCUT2D eigenvalue weighted by Gasteiger charge is -2.62. The monoisotopic (exact) mass is 411 g/mol. The third kappa shape index (κ3) is 2.08. The number of fused-ring (bicyclic) bond motifs is 5. The van der Waals surface area contributed by atoms with Gasteiger partial charge in [-0.25, -0.2) is 13.6 Å². The molecule has 30 heavy (non-hydrogen) atoms. The van der Waals surface area contributed by atoms with Gasteiger partial charge in [-0.2, -0.15) is 10.2 Å². The fourth-order valence-electron chi connectivity index (χ4n) is 6.88. The number of amides is 1. The molecule has 0 N–H and O–H groups in total. The summed E-state index contributed by atoms with van der Waals surface area (Å²) in [4.78, 5) is 14.2. The molecule has 4 aliphatic carbocycles. The minimum atomic E-state index is -0.629. The first-order chi connectivity index (χ1) is 14.5. The normalized spacial score (nSPS) is 33.5. The Morgan fingerprint density at radius 1 is 1.23 bits per heavy atom. The number of carbonyl (C=O) groups is 1. The number of ether oxygens (including phenoxy) is 1. The summed E-state index contributed by atoms with van der Waals surface area (Å²) >= 11 is 0. The van der Waals surface area contributed by atoms with Gasteiger partial charge in [-0.15, -0.1) is 0 Å². The van der Waals surface area contributed by atoms with Crippen LogP contribution in [0, 0.1) is 35.3 Å². The minimum Gasteiger partial charge on any atom is -0.450 e. The average molecular weight is 411 g/mol. The van der Waals surface area contributed by atoms with Gasteiger partial charge in [0.2, 0.25) is 0 Å². The lowest BCUT2D eigenvalue weighted by Crippen LogP contribution is -2.64. The van der Waals surface area contributed by atoms with Gasteiger partial charge in [0.15, 0.2) is 0 Å². The molecule has 3 fully saturated rings.